The maximum atomic E-state index is 13.1. The van der Waals surface area contributed by atoms with E-state index in [2.05, 4.69) is 15.5 Å². The molecule has 0 saturated carbocycles. The van der Waals surface area contributed by atoms with E-state index < -0.39 is 0 Å². The smallest absolute Gasteiger partial charge is 0.258 e. The Kier molecular flexibility index (Phi) is 6.50. The van der Waals surface area contributed by atoms with Crippen LogP contribution in [-0.2, 0) is 22.4 Å². The van der Waals surface area contributed by atoms with Gasteiger partial charge in [-0.25, -0.2) is 0 Å². The molecule has 1 aliphatic carbocycles. The van der Waals surface area contributed by atoms with Crippen molar-refractivity contribution in [2.75, 3.05) is 43.5 Å². The fourth-order valence-electron chi connectivity index (χ4n) is 3.75. The molecule has 1 saturated heterocycles. The third-order valence-corrected chi connectivity index (χ3v) is 6.68. The second-order valence-corrected chi connectivity index (χ2v) is 8.85. The molecular weight excluding hydrogens is 410 g/mol. The van der Waals surface area contributed by atoms with Gasteiger partial charge in [-0.3, -0.25) is 14.5 Å². The SMILES string of the molecule is O=C(CN1CCOCC1)Nc1sc2c(c1C(=O)Nc1ccc(Cl)cc1)CCCC2. The summed E-state index contributed by atoms with van der Waals surface area (Å²) in [5.41, 5.74) is 2.37. The summed E-state index contributed by atoms with van der Waals surface area (Å²) in [7, 11) is 0. The largest absolute Gasteiger partial charge is 0.379 e. The van der Waals surface area contributed by atoms with Crippen molar-refractivity contribution in [3.8, 4) is 0 Å². The second kappa shape index (κ2) is 9.26. The van der Waals surface area contributed by atoms with E-state index >= 15 is 0 Å². The molecule has 8 heteroatoms. The standard InChI is InChI=1S/C21H24ClN3O3S/c22-14-5-7-15(8-6-14)23-20(27)19-16-3-1-2-4-17(16)29-21(19)24-18(26)13-25-9-11-28-12-10-25/h5-8H,1-4,9-13H2,(H,23,27)(H,24,26). The molecule has 0 atom stereocenters. The van der Waals surface area contributed by atoms with Gasteiger partial charge in [0.15, 0.2) is 0 Å². The number of amides is 2. The fraction of sp³-hybridized carbons (Fsp3) is 0.429. The Hall–Kier alpha value is -1.93. The molecule has 2 amide bonds. The highest BCUT2D eigenvalue weighted by molar-refractivity contribution is 7.17. The van der Waals surface area contributed by atoms with Gasteiger partial charge in [0.2, 0.25) is 5.91 Å². The topological polar surface area (TPSA) is 70.7 Å². The third-order valence-electron chi connectivity index (χ3n) is 5.22. The van der Waals surface area contributed by atoms with E-state index in [0.717, 1.165) is 44.3 Å². The van der Waals surface area contributed by atoms with E-state index in [1.807, 2.05) is 0 Å². The zero-order chi connectivity index (χ0) is 20.2. The zero-order valence-corrected chi connectivity index (χ0v) is 17.7. The van der Waals surface area contributed by atoms with Gasteiger partial charge in [0, 0.05) is 28.7 Å². The predicted octanol–water partition coefficient (Wildman–Crippen LogP) is 3.80. The first kappa shape index (κ1) is 20.3. The number of hydrogen-bond acceptors (Lipinski definition) is 5. The quantitative estimate of drug-likeness (QED) is 0.752. The van der Waals surface area contributed by atoms with E-state index in [0.29, 0.717) is 41.0 Å². The number of fused-ring (bicyclic) bond motifs is 1. The van der Waals surface area contributed by atoms with Crippen molar-refractivity contribution in [1.82, 2.24) is 4.90 Å². The van der Waals surface area contributed by atoms with Crippen LogP contribution in [0.25, 0.3) is 0 Å². The minimum absolute atomic E-state index is 0.0916. The number of nitrogens with one attached hydrogen (secondary N) is 2. The Labute approximate surface area is 179 Å². The summed E-state index contributed by atoms with van der Waals surface area (Å²) in [6, 6.07) is 7.03. The maximum absolute atomic E-state index is 13.1. The number of benzene rings is 1. The molecule has 1 aromatic heterocycles. The molecule has 0 radical (unpaired) electrons. The monoisotopic (exact) mass is 433 g/mol. The van der Waals surface area contributed by atoms with Crippen LogP contribution in [0, 0.1) is 0 Å². The first-order chi connectivity index (χ1) is 14.1. The molecular formula is C21H24ClN3O3S. The molecule has 2 aliphatic rings. The van der Waals surface area contributed by atoms with Crippen LogP contribution in [0.3, 0.4) is 0 Å². The van der Waals surface area contributed by atoms with Crippen LogP contribution >= 0.6 is 22.9 Å². The molecule has 2 aromatic rings. The zero-order valence-electron chi connectivity index (χ0n) is 16.1. The van der Waals surface area contributed by atoms with Crippen LogP contribution in [-0.4, -0.2) is 49.6 Å². The Bertz CT molecular complexity index is 891. The lowest BCUT2D eigenvalue weighted by atomic mass is 9.95. The first-order valence-electron chi connectivity index (χ1n) is 9.91. The highest BCUT2D eigenvalue weighted by atomic mass is 35.5. The molecule has 29 heavy (non-hydrogen) atoms. The highest BCUT2D eigenvalue weighted by Crippen LogP contribution is 2.38. The Balaban J connectivity index is 1.53. The molecule has 154 valence electrons. The Morgan fingerprint density at radius 2 is 1.79 bits per heavy atom. The molecule has 4 rings (SSSR count). The number of hydrogen-bond donors (Lipinski definition) is 2. The van der Waals surface area contributed by atoms with Crippen LogP contribution in [0.4, 0.5) is 10.7 Å². The first-order valence-corrected chi connectivity index (χ1v) is 11.1. The number of aryl methyl sites for hydroxylation is 1. The van der Waals surface area contributed by atoms with Gasteiger partial charge < -0.3 is 15.4 Å². The third kappa shape index (κ3) is 4.98. The lowest BCUT2D eigenvalue weighted by molar-refractivity contribution is -0.118. The van der Waals surface area contributed by atoms with Crippen molar-refractivity contribution in [1.29, 1.82) is 0 Å². The number of anilines is 2. The van der Waals surface area contributed by atoms with Crippen LogP contribution in [0.15, 0.2) is 24.3 Å². The number of rotatable bonds is 5. The van der Waals surface area contributed by atoms with E-state index in [4.69, 9.17) is 16.3 Å². The normalized spacial score (nSPS) is 16.9. The highest BCUT2D eigenvalue weighted by Gasteiger charge is 2.27. The van der Waals surface area contributed by atoms with Crippen LogP contribution in [0.2, 0.25) is 5.02 Å². The molecule has 0 bridgehead atoms. The average molecular weight is 434 g/mol. The molecule has 6 nitrogen and oxygen atoms in total. The predicted molar refractivity (Wildman–Crippen MR) is 116 cm³/mol. The number of morpholine rings is 1. The van der Waals surface area contributed by atoms with Gasteiger partial charge in [-0.2, -0.15) is 0 Å². The van der Waals surface area contributed by atoms with Crippen molar-refractivity contribution in [3.63, 3.8) is 0 Å². The summed E-state index contributed by atoms with van der Waals surface area (Å²) < 4.78 is 5.34. The molecule has 0 spiro atoms. The number of carbonyl (C=O) groups is 2. The lowest BCUT2D eigenvalue weighted by Crippen LogP contribution is -2.41. The minimum atomic E-state index is -0.187. The van der Waals surface area contributed by atoms with Gasteiger partial charge in [0.1, 0.15) is 5.00 Å². The minimum Gasteiger partial charge on any atom is -0.379 e. The fourth-order valence-corrected chi connectivity index (χ4v) is 5.18. The molecule has 1 aliphatic heterocycles. The summed E-state index contributed by atoms with van der Waals surface area (Å²) >= 11 is 7.47. The van der Waals surface area contributed by atoms with Crippen LogP contribution in [0.5, 0.6) is 0 Å². The van der Waals surface area contributed by atoms with Crippen molar-refractivity contribution in [2.45, 2.75) is 25.7 Å². The van der Waals surface area contributed by atoms with Gasteiger partial charge in [0.05, 0.1) is 25.3 Å². The van der Waals surface area contributed by atoms with Crippen molar-refractivity contribution < 1.29 is 14.3 Å². The van der Waals surface area contributed by atoms with Gasteiger partial charge in [-0.05, 0) is 55.5 Å². The number of halogens is 1. The van der Waals surface area contributed by atoms with Crippen molar-refractivity contribution in [3.05, 3.63) is 45.3 Å². The van der Waals surface area contributed by atoms with Gasteiger partial charge in [-0.15, -0.1) is 11.3 Å². The van der Waals surface area contributed by atoms with E-state index in [1.54, 1.807) is 24.3 Å². The summed E-state index contributed by atoms with van der Waals surface area (Å²) in [6.07, 6.45) is 4.01. The lowest BCUT2D eigenvalue weighted by Gasteiger charge is -2.25. The van der Waals surface area contributed by atoms with Crippen molar-refractivity contribution in [2.24, 2.45) is 0 Å². The summed E-state index contributed by atoms with van der Waals surface area (Å²) in [5, 5.41) is 7.23. The maximum Gasteiger partial charge on any atom is 0.258 e. The Morgan fingerprint density at radius 3 is 2.55 bits per heavy atom. The number of ether oxygens (including phenoxy) is 1. The van der Waals surface area contributed by atoms with Crippen molar-refractivity contribution >= 4 is 45.4 Å². The average Bonchev–Trinajstić information content (AvgIpc) is 3.08. The van der Waals surface area contributed by atoms with Gasteiger partial charge in [0.25, 0.3) is 5.91 Å². The van der Waals surface area contributed by atoms with Crippen LogP contribution in [0.1, 0.15) is 33.6 Å². The van der Waals surface area contributed by atoms with E-state index in [-0.39, 0.29) is 11.8 Å². The molecule has 2 heterocycles. The molecule has 2 N–H and O–H groups in total. The number of thiophene rings is 1. The number of nitrogens with zero attached hydrogens (tertiary/aromatic N) is 1. The Morgan fingerprint density at radius 1 is 1.07 bits per heavy atom. The molecule has 1 aromatic carbocycles. The summed E-state index contributed by atoms with van der Waals surface area (Å²) in [6.45, 7) is 3.10. The molecule has 0 unspecified atom stereocenters. The summed E-state index contributed by atoms with van der Waals surface area (Å²) in [5.74, 6) is -0.278. The molecule has 1 fully saturated rings. The van der Waals surface area contributed by atoms with E-state index in [1.165, 1.54) is 16.2 Å². The second-order valence-electron chi connectivity index (χ2n) is 7.31. The van der Waals surface area contributed by atoms with E-state index in [9.17, 15) is 9.59 Å². The number of carbonyl (C=O) groups excluding carboxylic acids is 2. The van der Waals surface area contributed by atoms with Gasteiger partial charge >= 0.3 is 0 Å². The summed E-state index contributed by atoms with van der Waals surface area (Å²) in [4.78, 5) is 29.0. The van der Waals surface area contributed by atoms with Gasteiger partial charge in [-0.1, -0.05) is 11.6 Å². The van der Waals surface area contributed by atoms with Crippen LogP contribution < -0.4 is 10.6 Å².